The van der Waals surface area contributed by atoms with E-state index < -0.39 is 0 Å². The van der Waals surface area contributed by atoms with Crippen molar-refractivity contribution in [2.75, 3.05) is 71.8 Å². The summed E-state index contributed by atoms with van der Waals surface area (Å²) >= 11 is 0. The van der Waals surface area contributed by atoms with Gasteiger partial charge in [0.15, 0.2) is 6.29 Å². The summed E-state index contributed by atoms with van der Waals surface area (Å²) < 4.78 is 21.9. The van der Waals surface area contributed by atoms with E-state index in [0.29, 0.717) is 90.6 Å². The molecular weight excluding hydrogens is 504 g/mol. The standard InChI is InChI=1S/C29H44N2O8/c1-3-25(10-8-14-32)31(2)29(35)26-11-7-12-28(27(26)24-34)30-13-19-38-21-23-39-22-20-37-17-6-4-5-16-36-18-9-15-33/h3,7,11-12,14-15,24-25,30H,1,4-6,8-10,13,16-23H2,2H3. The van der Waals surface area contributed by atoms with Gasteiger partial charge in [-0.15, -0.1) is 6.58 Å². The van der Waals surface area contributed by atoms with Gasteiger partial charge in [-0.05, 0) is 37.8 Å². The summed E-state index contributed by atoms with van der Waals surface area (Å²) in [6.45, 7) is 8.36. The molecule has 0 bridgehead atoms. The van der Waals surface area contributed by atoms with E-state index in [4.69, 9.17) is 18.9 Å². The maximum absolute atomic E-state index is 13.0. The number of aldehydes is 3. The molecule has 10 nitrogen and oxygen atoms in total. The minimum Gasteiger partial charge on any atom is -0.382 e. The first-order chi connectivity index (χ1) is 19.1. The molecule has 1 rings (SSSR count). The lowest BCUT2D eigenvalue weighted by atomic mass is 10.0. The van der Waals surface area contributed by atoms with Crippen molar-refractivity contribution in [3.8, 4) is 0 Å². The lowest BCUT2D eigenvalue weighted by Gasteiger charge is -2.26. The fourth-order valence-electron chi connectivity index (χ4n) is 3.70. The molecule has 0 aliphatic rings. The summed E-state index contributed by atoms with van der Waals surface area (Å²) in [6.07, 6.45) is 8.14. The SMILES string of the molecule is C=CC(CCC=O)N(C)C(=O)c1cccc(NCCOCCOCCOCCCCCOCCC=O)c1C=O. The van der Waals surface area contributed by atoms with E-state index >= 15 is 0 Å². The highest BCUT2D eigenvalue weighted by atomic mass is 16.5. The Morgan fingerprint density at radius 3 is 2.10 bits per heavy atom. The van der Waals surface area contributed by atoms with Crippen LogP contribution in [0.5, 0.6) is 0 Å². The Kier molecular flexibility index (Phi) is 20.1. The van der Waals surface area contributed by atoms with Crippen LogP contribution in [0.15, 0.2) is 30.9 Å². The van der Waals surface area contributed by atoms with Gasteiger partial charge in [0.1, 0.15) is 12.6 Å². The van der Waals surface area contributed by atoms with Crippen LogP contribution < -0.4 is 5.32 Å². The second kappa shape index (κ2) is 23.0. The van der Waals surface area contributed by atoms with Gasteiger partial charge >= 0.3 is 0 Å². The number of nitrogens with zero attached hydrogens (tertiary/aromatic N) is 1. The van der Waals surface area contributed by atoms with Crippen LogP contribution in [0, 0.1) is 0 Å². The van der Waals surface area contributed by atoms with Crippen LogP contribution in [0.25, 0.3) is 0 Å². The van der Waals surface area contributed by atoms with Crippen molar-refractivity contribution < 1.29 is 38.1 Å². The minimum absolute atomic E-state index is 0.277. The molecule has 1 atom stereocenters. The normalized spacial score (nSPS) is 11.5. The number of likely N-dealkylation sites (N-methyl/N-ethyl adjacent to an activating group) is 1. The van der Waals surface area contributed by atoms with Crippen LogP contribution in [-0.4, -0.2) is 102 Å². The molecule has 39 heavy (non-hydrogen) atoms. The number of hydrogen-bond acceptors (Lipinski definition) is 9. The third-order valence-corrected chi connectivity index (χ3v) is 5.89. The number of nitrogens with one attached hydrogen (secondary N) is 1. The molecule has 1 N–H and O–H groups in total. The van der Waals surface area contributed by atoms with Gasteiger partial charge in [0.05, 0.1) is 56.8 Å². The summed E-state index contributed by atoms with van der Waals surface area (Å²) in [5.74, 6) is -0.314. The first-order valence-corrected chi connectivity index (χ1v) is 13.5. The van der Waals surface area contributed by atoms with Gasteiger partial charge in [0.25, 0.3) is 5.91 Å². The first-order valence-electron chi connectivity index (χ1n) is 13.5. The highest BCUT2D eigenvalue weighted by molar-refractivity contribution is 6.04. The maximum atomic E-state index is 13.0. The quantitative estimate of drug-likeness (QED) is 0.106. The Balaban J connectivity index is 2.21. The van der Waals surface area contributed by atoms with E-state index in [1.807, 2.05) is 0 Å². The van der Waals surface area contributed by atoms with Crippen LogP contribution in [-0.2, 0) is 28.5 Å². The molecule has 1 aromatic carbocycles. The number of carbonyl (C=O) groups is 4. The van der Waals surface area contributed by atoms with Gasteiger partial charge in [0, 0.05) is 45.3 Å². The fourth-order valence-corrected chi connectivity index (χ4v) is 3.70. The smallest absolute Gasteiger partial charge is 0.254 e. The zero-order chi connectivity index (χ0) is 28.6. The molecule has 1 amide bonds. The minimum atomic E-state index is -0.314. The van der Waals surface area contributed by atoms with E-state index in [9.17, 15) is 19.2 Å². The van der Waals surface area contributed by atoms with Gasteiger partial charge in [-0.25, -0.2) is 0 Å². The molecular formula is C29H44N2O8. The third kappa shape index (κ3) is 14.7. The Morgan fingerprint density at radius 1 is 0.872 bits per heavy atom. The predicted octanol–water partition coefficient (Wildman–Crippen LogP) is 3.34. The molecule has 0 heterocycles. The van der Waals surface area contributed by atoms with Crippen LogP contribution >= 0.6 is 0 Å². The number of ether oxygens (including phenoxy) is 4. The number of anilines is 1. The number of rotatable bonds is 26. The van der Waals surface area contributed by atoms with E-state index in [0.717, 1.165) is 31.8 Å². The van der Waals surface area contributed by atoms with Crippen LogP contribution in [0.1, 0.15) is 59.2 Å². The summed E-state index contributed by atoms with van der Waals surface area (Å²) in [6, 6.07) is 4.76. The Morgan fingerprint density at radius 2 is 1.49 bits per heavy atom. The van der Waals surface area contributed by atoms with Crippen LogP contribution in [0.4, 0.5) is 5.69 Å². The summed E-state index contributed by atoms with van der Waals surface area (Å²) in [7, 11) is 1.63. The number of benzene rings is 1. The zero-order valence-electron chi connectivity index (χ0n) is 23.1. The van der Waals surface area contributed by atoms with Crippen molar-refractivity contribution in [1.29, 1.82) is 0 Å². The number of hydrogen-bond donors (Lipinski definition) is 1. The second-order valence-corrected chi connectivity index (χ2v) is 8.74. The number of amides is 1. The topological polar surface area (TPSA) is 120 Å². The Bertz CT molecular complexity index is 849. The molecule has 0 fully saturated rings. The number of unbranched alkanes of at least 4 members (excludes halogenated alkanes) is 2. The van der Waals surface area contributed by atoms with E-state index in [2.05, 4.69) is 11.9 Å². The maximum Gasteiger partial charge on any atom is 0.254 e. The van der Waals surface area contributed by atoms with Crippen molar-refractivity contribution in [2.24, 2.45) is 0 Å². The Labute approximate surface area is 232 Å². The molecule has 0 saturated heterocycles. The second-order valence-electron chi connectivity index (χ2n) is 8.74. The molecule has 218 valence electrons. The third-order valence-electron chi connectivity index (χ3n) is 5.89. The summed E-state index contributed by atoms with van der Waals surface area (Å²) in [5, 5.41) is 3.15. The van der Waals surface area contributed by atoms with Gasteiger partial charge in [-0.3, -0.25) is 9.59 Å². The lowest BCUT2D eigenvalue weighted by molar-refractivity contribution is -0.109. The van der Waals surface area contributed by atoms with Crippen LogP contribution in [0.3, 0.4) is 0 Å². The van der Waals surface area contributed by atoms with Gasteiger partial charge in [-0.2, -0.15) is 0 Å². The molecule has 0 spiro atoms. The van der Waals surface area contributed by atoms with E-state index in [1.54, 1.807) is 31.3 Å². The molecule has 10 heteroatoms. The largest absolute Gasteiger partial charge is 0.382 e. The van der Waals surface area contributed by atoms with Gasteiger partial charge in [-0.1, -0.05) is 12.1 Å². The van der Waals surface area contributed by atoms with Crippen molar-refractivity contribution in [1.82, 2.24) is 4.90 Å². The van der Waals surface area contributed by atoms with Crippen molar-refractivity contribution in [2.45, 2.75) is 44.6 Å². The van der Waals surface area contributed by atoms with Crippen LogP contribution in [0.2, 0.25) is 0 Å². The van der Waals surface area contributed by atoms with Crippen molar-refractivity contribution in [3.05, 3.63) is 42.0 Å². The van der Waals surface area contributed by atoms with Crippen molar-refractivity contribution in [3.63, 3.8) is 0 Å². The monoisotopic (exact) mass is 548 g/mol. The van der Waals surface area contributed by atoms with Crippen molar-refractivity contribution >= 4 is 30.5 Å². The fraction of sp³-hybridized carbons (Fsp3) is 0.586. The molecule has 0 saturated carbocycles. The Hall–Kier alpha value is -2.92. The van der Waals surface area contributed by atoms with E-state index in [-0.39, 0.29) is 23.1 Å². The average Bonchev–Trinajstić information content (AvgIpc) is 2.96. The average molecular weight is 549 g/mol. The highest BCUT2D eigenvalue weighted by Gasteiger charge is 2.22. The molecule has 0 aliphatic carbocycles. The highest BCUT2D eigenvalue weighted by Crippen LogP contribution is 2.21. The summed E-state index contributed by atoms with van der Waals surface area (Å²) in [5.41, 5.74) is 1.11. The zero-order valence-corrected chi connectivity index (χ0v) is 23.1. The summed E-state index contributed by atoms with van der Waals surface area (Å²) in [4.78, 5) is 47.2. The lowest BCUT2D eigenvalue weighted by Crippen LogP contribution is -2.36. The molecule has 1 aromatic rings. The molecule has 0 radical (unpaired) electrons. The first kappa shape index (κ1) is 34.1. The van der Waals surface area contributed by atoms with Gasteiger partial charge < -0.3 is 38.8 Å². The van der Waals surface area contributed by atoms with E-state index in [1.165, 1.54) is 4.90 Å². The van der Waals surface area contributed by atoms with Gasteiger partial charge in [0.2, 0.25) is 0 Å². The number of carbonyl (C=O) groups excluding carboxylic acids is 4. The predicted molar refractivity (Wildman–Crippen MR) is 150 cm³/mol. The molecule has 1 unspecified atom stereocenters. The molecule has 0 aliphatic heterocycles. The molecule has 0 aromatic heterocycles.